The molecule has 2 aromatic rings. The van der Waals surface area contributed by atoms with Gasteiger partial charge in [-0.1, -0.05) is 25.5 Å². The maximum Gasteiger partial charge on any atom is 0.210 e. The lowest BCUT2D eigenvalue weighted by Gasteiger charge is -2.16. The molecule has 3 rings (SSSR count). The highest BCUT2D eigenvalue weighted by Gasteiger charge is 2.44. The predicted octanol–water partition coefficient (Wildman–Crippen LogP) is 5.65. The highest BCUT2D eigenvalue weighted by atomic mass is 16.5. The average molecular weight is 378 g/mol. The van der Waals surface area contributed by atoms with Crippen LogP contribution >= 0.6 is 0 Å². The van der Waals surface area contributed by atoms with Crippen LogP contribution < -0.4 is 9.64 Å². The van der Waals surface area contributed by atoms with Crippen molar-refractivity contribution in [3.05, 3.63) is 59.7 Å². The van der Waals surface area contributed by atoms with E-state index in [4.69, 9.17) is 4.74 Å². The number of hydrogen-bond acceptors (Lipinski definition) is 2. The minimum absolute atomic E-state index is 0.0578. The number of anilines is 1. The summed E-state index contributed by atoms with van der Waals surface area (Å²) in [7, 11) is 5.87. The lowest BCUT2D eigenvalue weighted by atomic mass is 9.81. The molecule has 0 aliphatic carbocycles. The SMILES string of the molecule is CCCC[N+]1=C(C=Cc2ccc(N(C)C)cc2)C(C)(C)c2cc(OC)ccc21. The topological polar surface area (TPSA) is 15.5 Å². The Morgan fingerprint density at radius 1 is 1.04 bits per heavy atom. The molecule has 0 unspecified atom stereocenters. The van der Waals surface area contributed by atoms with Gasteiger partial charge in [-0.2, -0.15) is 4.58 Å². The van der Waals surface area contributed by atoms with Crippen LogP contribution in [0.5, 0.6) is 5.75 Å². The van der Waals surface area contributed by atoms with Gasteiger partial charge >= 0.3 is 0 Å². The van der Waals surface area contributed by atoms with Crippen LogP contribution in [-0.4, -0.2) is 38.0 Å². The molecule has 0 spiro atoms. The van der Waals surface area contributed by atoms with Crippen LogP contribution in [0.15, 0.2) is 48.5 Å². The fraction of sp³-hybridized carbons (Fsp3) is 0.400. The van der Waals surface area contributed by atoms with E-state index in [1.807, 2.05) is 0 Å². The van der Waals surface area contributed by atoms with Gasteiger partial charge in [-0.15, -0.1) is 0 Å². The zero-order chi connectivity index (χ0) is 20.3. The number of unbranched alkanes of at least 4 members (excludes halogenated alkanes) is 1. The summed E-state index contributed by atoms with van der Waals surface area (Å²) in [4.78, 5) is 2.12. The summed E-state index contributed by atoms with van der Waals surface area (Å²) < 4.78 is 7.98. The number of fused-ring (bicyclic) bond motifs is 1. The summed E-state index contributed by atoms with van der Waals surface area (Å²) in [6, 6.07) is 15.2. The maximum absolute atomic E-state index is 5.49. The Bertz CT molecular complexity index is 889. The van der Waals surface area contributed by atoms with E-state index in [-0.39, 0.29) is 5.41 Å². The van der Waals surface area contributed by atoms with Crippen LogP contribution in [-0.2, 0) is 5.41 Å². The standard InChI is InChI=1S/C25H33N2O/c1-7-8-17-27-23-15-14-21(28-6)18-22(23)25(2,3)24(27)16-11-19-9-12-20(13-10-19)26(4)5/h9-16,18H,7-8,17H2,1-6H3/q+1. The van der Waals surface area contributed by atoms with Crippen LogP contribution in [0.25, 0.3) is 6.08 Å². The van der Waals surface area contributed by atoms with Crippen molar-refractivity contribution in [2.75, 3.05) is 32.6 Å². The Morgan fingerprint density at radius 3 is 2.36 bits per heavy atom. The van der Waals surface area contributed by atoms with Crippen LogP contribution in [0, 0.1) is 0 Å². The van der Waals surface area contributed by atoms with Gasteiger partial charge in [0, 0.05) is 43.9 Å². The molecule has 1 aliphatic heterocycles. The fourth-order valence-corrected chi connectivity index (χ4v) is 3.90. The number of nitrogens with zero attached hydrogens (tertiary/aromatic N) is 2. The van der Waals surface area contributed by atoms with Gasteiger partial charge in [-0.3, -0.25) is 0 Å². The second kappa shape index (κ2) is 8.22. The summed E-state index contributed by atoms with van der Waals surface area (Å²) in [5.41, 5.74) is 6.37. The smallest absolute Gasteiger partial charge is 0.210 e. The van der Waals surface area contributed by atoms with Crippen molar-refractivity contribution >= 4 is 23.2 Å². The van der Waals surface area contributed by atoms with Crippen molar-refractivity contribution in [3.63, 3.8) is 0 Å². The maximum atomic E-state index is 5.49. The molecule has 28 heavy (non-hydrogen) atoms. The molecule has 3 nitrogen and oxygen atoms in total. The Labute approximate surface area is 170 Å². The van der Waals surface area contributed by atoms with Crippen molar-refractivity contribution < 1.29 is 9.31 Å². The first-order chi connectivity index (χ1) is 13.4. The van der Waals surface area contributed by atoms with E-state index in [2.05, 4.69) is 99.0 Å². The molecule has 0 N–H and O–H groups in total. The first kappa shape index (κ1) is 20.2. The largest absolute Gasteiger partial charge is 0.497 e. The van der Waals surface area contributed by atoms with E-state index >= 15 is 0 Å². The summed E-state index contributed by atoms with van der Waals surface area (Å²) >= 11 is 0. The van der Waals surface area contributed by atoms with E-state index in [0.717, 1.165) is 12.3 Å². The highest BCUT2D eigenvalue weighted by molar-refractivity contribution is 6.05. The van der Waals surface area contributed by atoms with E-state index in [1.54, 1.807) is 7.11 Å². The molecule has 1 heterocycles. The molecule has 3 heteroatoms. The Morgan fingerprint density at radius 2 is 1.75 bits per heavy atom. The minimum Gasteiger partial charge on any atom is -0.497 e. The Balaban J connectivity index is 2.00. The highest BCUT2D eigenvalue weighted by Crippen LogP contribution is 2.42. The molecular weight excluding hydrogens is 344 g/mol. The molecule has 0 amide bonds. The first-order valence-electron chi connectivity index (χ1n) is 10.2. The van der Waals surface area contributed by atoms with Gasteiger partial charge in [-0.05, 0) is 49.8 Å². The molecule has 2 aromatic carbocycles. The first-order valence-corrected chi connectivity index (χ1v) is 10.2. The molecule has 1 aliphatic rings. The van der Waals surface area contributed by atoms with Crippen LogP contribution in [0.2, 0.25) is 0 Å². The second-order valence-corrected chi connectivity index (χ2v) is 8.22. The van der Waals surface area contributed by atoms with E-state index in [9.17, 15) is 0 Å². The third-order valence-corrected chi connectivity index (χ3v) is 5.68. The molecule has 0 atom stereocenters. The zero-order valence-electron chi connectivity index (χ0n) is 18.1. The van der Waals surface area contributed by atoms with E-state index in [0.29, 0.717) is 0 Å². The number of ether oxygens (including phenoxy) is 1. The number of allylic oxidation sites excluding steroid dienone is 1. The second-order valence-electron chi connectivity index (χ2n) is 8.22. The minimum atomic E-state index is -0.0578. The molecule has 0 saturated carbocycles. The number of benzene rings is 2. The normalized spacial score (nSPS) is 15.2. The zero-order valence-corrected chi connectivity index (χ0v) is 18.1. The van der Waals surface area contributed by atoms with Crippen LogP contribution in [0.4, 0.5) is 11.4 Å². The fourth-order valence-electron chi connectivity index (χ4n) is 3.90. The molecule has 0 radical (unpaired) electrons. The summed E-state index contributed by atoms with van der Waals surface area (Å²) in [5.74, 6) is 0.923. The van der Waals surface area contributed by atoms with Gasteiger partial charge in [0.15, 0.2) is 5.71 Å². The molecular formula is C25H33N2O+. The van der Waals surface area contributed by atoms with E-state index in [1.165, 1.54) is 41.1 Å². The number of methoxy groups -OCH3 is 1. The Hall–Kier alpha value is -2.55. The Kier molecular flexibility index (Phi) is 5.93. The van der Waals surface area contributed by atoms with E-state index < -0.39 is 0 Å². The summed E-state index contributed by atoms with van der Waals surface area (Å²) in [5, 5.41) is 0. The van der Waals surface area contributed by atoms with Crippen LogP contribution in [0.3, 0.4) is 0 Å². The van der Waals surface area contributed by atoms with Crippen molar-refractivity contribution in [2.45, 2.75) is 39.0 Å². The van der Waals surface area contributed by atoms with Gasteiger partial charge < -0.3 is 9.64 Å². The van der Waals surface area contributed by atoms with Crippen LogP contribution in [0.1, 0.15) is 44.7 Å². The third-order valence-electron chi connectivity index (χ3n) is 5.68. The van der Waals surface area contributed by atoms with Crippen molar-refractivity contribution in [1.29, 1.82) is 0 Å². The number of rotatable bonds is 7. The lowest BCUT2D eigenvalue weighted by Crippen LogP contribution is -2.27. The quantitative estimate of drug-likeness (QED) is 0.579. The predicted molar refractivity (Wildman–Crippen MR) is 121 cm³/mol. The lowest BCUT2D eigenvalue weighted by molar-refractivity contribution is -0.438. The summed E-state index contributed by atoms with van der Waals surface area (Å²) in [6.07, 6.45) is 6.90. The van der Waals surface area contributed by atoms with Gasteiger partial charge in [0.1, 0.15) is 12.3 Å². The molecule has 0 fully saturated rings. The molecule has 0 bridgehead atoms. The van der Waals surface area contributed by atoms with Gasteiger partial charge in [-0.25, -0.2) is 0 Å². The van der Waals surface area contributed by atoms with Crippen molar-refractivity contribution in [3.8, 4) is 5.75 Å². The summed E-state index contributed by atoms with van der Waals surface area (Å²) in [6.45, 7) is 7.91. The monoisotopic (exact) mass is 377 g/mol. The van der Waals surface area contributed by atoms with Crippen molar-refractivity contribution in [1.82, 2.24) is 0 Å². The third kappa shape index (κ3) is 3.84. The molecule has 148 valence electrons. The van der Waals surface area contributed by atoms with Gasteiger partial charge in [0.05, 0.1) is 12.5 Å². The molecule has 0 aromatic heterocycles. The van der Waals surface area contributed by atoms with Gasteiger partial charge in [0.25, 0.3) is 0 Å². The van der Waals surface area contributed by atoms with Gasteiger partial charge in [0.2, 0.25) is 5.69 Å². The van der Waals surface area contributed by atoms with Crippen molar-refractivity contribution in [2.24, 2.45) is 0 Å². The molecule has 0 saturated heterocycles. The number of hydrogen-bond donors (Lipinski definition) is 0. The average Bonchev–Trinajstić information content (AvgIpc) is 2.90.